The van der Waals surface area contributed by atoms with Gasteiger partial charge in [-0.2, -0.15) is 13.2 Å². The zero-order valence-electron chi connectivity index (χ0n) is 14.3. The monoisotopic (exact) mass is 350 g/mol. The highest BCUT2D eigenvalue weighted by molar-refractivity contribution is 5.64. The first kappa shape index (κ1) is 17.7. The van der Waals surface area contributed by atoms with E-state index in [0.29, 0.717) is 23.1 Å². The average molecular weight is 350 g/mol. The van der Waals surface area contributed by atoms with E-state index in [1.54, 1.807) is 6.07 Å². The number of nitrogens with one attached hydrogen (secondary N) is 1. The second-order valence-corrected chi connectivity index (χ2v) is 6.59. The van der Waals surface area contributed by atoms with Crippen LogP contribution in [0.1, 0.15) is 24.0 Å². The second kappa shape index (κ2) is 7.00. The number of hydrogen-bond donors (Lipinski definition) is 1. The molecule has 2 aromatic rings. The van der Waals surface area contributed by atoms with Crippen molar-refractivity contribution in [2.24, 2.45) is 0 Å². The number of alkyl halides is 3. The summed E-state index contributed by atoms with van der Waals surface area (Å²) in [6.07, 6.45) is -2.17. The summed E-state index contributed by atoms with van der Waals surface area (Å²) in [5.74, 6) is 0.661. The lowest BCUT2D eigenvalue weighted by atomic mass is 10.0. The normalized spacial score (nSPS) is 19.0. The van der Waals surface area contributed by atoms with Crippen LogP contribution in [0.25, 0.3) is 11.3 Å². The summed E-state index contributed by atoms with van der Waals surface area (Å²) in [5, 5.41) is 11.7. The van der Waals surface area contributed by atoms with Crippen LogP contribution in [0.5, 0.6) is 0 Å². The van der Waals surface area contributed by atoms with Crippen LogP contribution in [0.15, 0.2) is 30.3 Å². The minimum Gasteiger partial charge on any atom is -0.365 e. The summed E-state index contributed by atoms with van der Waals surface area (Å²) in [6, 6.07) is 7.34. The van der Waals surface area contributed by atoms with Crippen molar-refractivity contribution >= 4 is 5.82 Å². The van der Waals surface area contributed by atoms with Crippen molar-refractivity contribution in [1.29, 1.82) is 0 Å². The van der Waals surface area contributed by atoms with Crippen LogP contribution >= 0.6 is 0 Å². The lowest BCUT2D eigenvalue weighted by Gasteiger charge is -2.30. The standard InChI is InChI=1S/C18H21F3N4/c1-12-9-16(22-15-7-4-8-25(2)11-15)23-24-17(12)13-5-3-6-14(10-13)18(19,20)21/h3,5-6,9-10,15H,4,7-8,11H2,1-2H3,(H,22,23)/t15-/m1/s1. The van der Waals surface area contributed by atoms with Gasteiger partial charge in [-0.3, -0.25) is 0 Å². The number of halogens is 3. The number of hydrogen-bond acceptors (Lipinski definition) is 4. The molecule has 0 bridgehead atoms. The van der Waals surface area contributed by atoms with Crippen molar-refractivity contribution in [3.8, 4) is 11.3 Å². The molecule has 0 saturated carbocycles. The van der Waals surface area contributed by atoms with Gasteiger partial charge in [0.15, 0.2) is 0 Å². The van der Waals surface area contributed by atoms with Gasteiger partial charge in [0.25, 0.3) is 0 Å². The fraction of sp³-hybridized carbons (Fsp3) is 0.444. The third kappa shape index (κ3) is 4.28. The van der Waals surface area contributed by atoms with Crippen molar-refractivity contribution in [2.75, 3.05) is 25.5 Å². The first-order valence-electron chi connectivity index (χ1n) is 8.30. The molecule has 0 radical (unpaired) electrons. The van der Waals surface area contributed by atoms with Gasteiger partial charge in [0.05, 0.1) is 11.3 Å². The van der Waals surface area contributed by atoms with Gasteiger partial charge in [0.2, 0.25) is 0 Å². The van der Waals surface area contributed by atoms with Gasteiger partial charge in [-0.25, -0.2) is 0 Å². The third-order valence-corrected chi connectivity index (χ3v) is 4.42. The molecular weight excluding hydrogens is 329 g/mol. The molecule has 1 aliphatic heterocycles. The lowest BCUT2D eigenvalue weighted by molar-refractivity contribution is -0.137. The predicted molar refractivity (Wildman–Crippen MR) is 91.3 cm³/mol. The van der Waals surface area contributed by atoms with E-state index in [2.05, 4.69) is 27.5 Å². The number of anilines is 1. The Labute approximate surface area is 145 Å². The Morgan fingerprint density at radius 1 is 1.20 bits per heavy atom. The molecule has 3 rings (SSSR count). The maximum absolute atomic E-state index is 12.9. The number of likely N-dealkylation sites (tertiary alicyclic amines) is 1. The van der Waals surface area contributed by atoms with E-state index < -0.39 is 11.7 Å². The van der Waals surface area contributed by atoms with Crippen LogP contribution in [-0.2, 0) is 6.18 Å². The maximum Gasteiger partial charge on any atom is 0.416 e. The summed E-state index contributed by atoms with van der Waals surface area (Å²) >= 11 is 0. The summed E-state index contributed by atoms with van der Waals surface area (Å²) in [6.45, 7) is 3.87. The number of aromatic nitrogens is 2. The number of aryl methyl sites for hydroxylation is 1. The molecule has 1 saturated heterocycles. The third-order valence-electron chi connectivity index (χ3n) is 4.42. The van der Waals surface area contributed by atoms with Gasteiger partial charge in [0.1, 0.15) is 5.82 Å². The van der Waals surface area contributed by atoms with Gasteiger partial charge in [0, 0.05) is 18.2 Å². The van der Waals surface area contributed by atoms with Crippen molar-refractivity contribution in [2.45, 2.75) is 32.0 Å². The van der Waals surface area contributed by atoms with Gasteiger partial charge in [-0.1, -0.05) is 12.1 Å². The first-order valence-corrected chi connectivity index (χ1v) is 8.30. The summed E-state index contributed by atoms with van der Waals surface area (Å²) < 4.78 is 38.7. The highest BCUT2D eigenvalue weighted by Crippen LogP contribution is 2.32. The molecule has 0 amide bonds. The molecule has 4 nitrogen and oxygen atoms in total. The molecule has 1 aromatic heterocycles. The number of piperidine rings is 1. The molecule has 1 aromatic carbocycles. The minimum absolute atomic E-state index is 0.312. The molecule has 1 N–H and O–H groups in total. The molecular formula is C18H21F3N4. The number of nitrogens with zero attached hydrogens (tertiary/aromatic N) is 3. The van der Waals surface area contributed by atoms with Crippen LogP contribution in [0.3, 0.4) is 0 Å². The quantitative estimate of drug-likeness (QED) is 0.909. The summed E-state index contributed by atoms with van der Waals surface area (Å²) in [7, 11) is 2.08. The van der Waals surface area contributed by atoms with Gasteiger partial charge in [-0.05, 0) is 57.1 Å². The smallest absolute Gasteiger partial charge is 0.365 e. The molecule has 7 heteroatoms. The SMILES string of the molecule is Cc1cc(N[C@@H]2CCCN(C)C2)nnc1-c1cccc(C(F)(F)F)c1. The van der Waals surface area contributed by atoms with E-state index >= 15 is 0 Å². The van der Waals surface area contributed by atoms with Crippen molar-refractivity contribution in [1.82, 2.24) is 15.1 Å². The van der Waals surface area contributed by atoms with E-state index in [1.165, 1.54) is 6.07 Å². The van der Waals surface area contributed by atoms with Gasteiger partial charge >= 0.3 is 6.18 Å². The van der Waals surface area contributed by atoms with E-state index in [0.717, 1.165) is 43.6 Å². The summed E-state index contributed by atoms with van der Waals surface area (Å²) in [5.41, 5.74) is 1.00. The van der Waals surface area contributed by atoms with Crippen LogP contribution in [0.4, 0.5) is 19.0 Å². The number of likely N-dealkylation sites (N-methyl/N-ethyl adjacent to an activating group) is 1. The van der Waals surface area contributed by atoms with Crippen molar-refractivity contribution in [3.05, 3.63) is 41.5 Å². The lowest BCUT2D eigenvalue weighted by Crippen LogP contribution is -2.39. The van der Waals surface area contributed by atoms with Crippen LogP contribution < -0.4 is 5.32 Å². The zero-order valence-corrected chi connectivity index (χ0v) is 14.3. The Hall–Kier alpha value is -2.15. The topological polar surface area (TPSA) is 41.0 Å². The van der Waals surface area contributed by atoms with Crippen LogP contribution in [0.2, 0.25) is 0 Å². The zero-order chi connectivity index (χ0) is 18.0. The highest BCUT2D eigenvalue weighted by atomic mass is 19.4. The minimum atomic E-state index is -4.37. The van der Waals surface area contributed by atoms with E-state index in [4.69, 9.17) is 0 Å². The Kier molecular flexibility index (Phi) is 4.94. The molecule has 0 unspecified atom stereocenters. The molecule has 1 atom stereocenters. The van der Waals surface area contributed by atoms with Crippen molar-refractivity contribution in [3.63, 3.8) is 0 Å². The van der Waals surface area contributed by atoms with E-state index in [-0.39, 0.29) is 0 Å². The molecule has 1 fully saturated rings. The number of benzene rings is 1. The Morgan fingerprint density at radius 2 is 2.00 bits per heavy atom. The predicted octanol–water partition coefficient (Wildman–Crippen LogP) is 3.98. The average Bonchev–Trinajstić information content (AvgIpc) is 2.54. The van der Waals surface area contributed by atoms with Gasteiger partial charge in [-0.15, -0.1) is 10.2 Å². The second-order valence-electron chi connectivity index (χ2n) is 6.59. The van der Waals surface area contributed by atoms with Crippen molar-refractivity contribution < 1.29 is 13.2 Å². The fourth-order valence-electron chi connectivity index (χ4n) is 3.18. The van der Waals surface area contributed by atoms with Crippen LogP contribution in [-0.4, -0.2) is 41.3 Å². The Balaban J connectivity index is 1.80. The molecule has 25 heavy (non-hydrogen) atoms. The molecule has 2 heterocycles. The molecule has 1 aliphatic rings. The number of rotatable bonds is 3. The molecule has 0 spiro atoms. The van der Waals surface area contributed by atoms with Gasteiger partial charge < -0.3 is 10.2 Å². The fourth-order valence-corrected chi connectivity index (χ4v) is 3.18. The van der Waals surface area contributed by atoms with E-state index in [1.807, 2.05) is 13.0 Å². The highest BCUT2D eigenvalue weighted by Gasteiger charge is 2.30. The Bertz CT molecular complexity index is 745. The maximum atomic E-state index is 12.9. The Morgan fingerprint density at radius 3 is 2.68 bits per heavy atom. The molecule has 0 aliphatic carbocycles. The largest absolute Gasteiger partial charge is 0.416 e. The molecule has 134 valence electrons. The first-order chi connectivity index (χ1) is 11.8. The summed E-state index contributed by atoms with van der Waals surface area (Å²) in [4.78, 5) is 2.26. The van der Waals surface area contributed by atoms with Crippen LogP contribution in [0, 0.1) is 6.92 Å². The van der Waals surface area contributed by atoms with E-state index in [9.17, 15) is 13.2 Å².